The number of aliphatic hydroxyl groups is 2. The lowest BCUT2D eigenvalue weighted by Crippen LogP contribution is -2.37. The third kappa shape index (κ3) is 41.8. The van der Waals surface area contributed by atoms with Crippen molar-refractivity contribution in [2.45, 2.75) is 161 Å². The fraction of sp³-hybridized carbons (Fsp3) is 0.667. The summed E-state index contributed by atoms with van der Waals surface area (Å²) in [5, 5.41) is 20.4. The van der Waals surface area contributed by atoms with Crippen molar-refractivity contribution in [3.8, 4) is 0 Å². The quantitative estimate of drug-likeness (QED) is 0.0136. The van der Waals surface area contributed by atoms with Crippen LogP contribution in [0.4, 0.5) is 0 Å². The number of hydrogen-bond acceptors (Lipinski definition) is 9. The normalized spacial score (nSPS) is 15.4. The van der Waals surface area contributed by atoms with E-state index in [2.05, 4.69) is 56.4 Å². The molecule has 0 aromatic carbocycles. The molecule has 11 nitrogen and oxygen atoms in total. The van der Waals surface area contributed by atoms with Crippen molar-refractivity contribution < 1.29 is 52.3 Å². The van der Waals surface area contributed by atoms with E-state index in [1.165, 1.54) is 44.9 Å². The molecule has 0 fully saturated rings. The molecule has 0 aromatic heterocycles. The molecular weight excluding hydrogens is 781 g/mol. The summed E-state index contributed by atoms with van der Waals surface area (Å²) in [5.41, 5.74) is 0. The van der Waals surface area contributed by atoms with Gasteiger partial charge in [-0.1, -0.05) is 137 Å². The fourth-order valence-corrected chi connectivity index (χ4v) is 6.19. The Bertz CT molecular complexity index is 1330. The average Bonchev–Trinajstić information content (AvgIpc) is 3.19. The number of aliphatic hydroxyl groups excluding tert-OH is 2. The smallest absolute Gasteiger partial charge is 0.462 e. The standard InChI is InChI=1S/C48H82NO10P/c1-6-8-10-12-14-15-16-17-18-19-20-21-22-23-24-26-32-38-47(52)56-42-46(43-58-60(54,55)57-41-40-49(3,4)5)59-48(53)39-33-37-45(51)36-31-28-27-30-35-44(50)34-29-25-13-11-9-7-2/h14-15,17-18,20-21,25,27-31,35-36,44-46,50-51H,6-13,16,19,22-24,26,32-34,37-43H2,1-5H3/p+1/b15-14-,18-17-,21-20-,28-27+,29-25-,35-30+,36-31-/t44-,45-,46+/m0/s1. The molecule has 0 radical (unpaired) electrons. The number of unbranched alkanes of at least 4 members (excludes halogenated alkanes) is 10. The van der Waals surface area contributed by atoms with Gasteiger partial charge >= 0.3 is 19.8 Å². The zero-order valence-electron chi connectivity index (χ0n) is 37.9. The second-order valence-corrected chi connectivity index (χ2v) is 17.6. The molecule has 3 N–H and O–H groups in total. The van der Waals surface area contributed by atoms with E-state index >= 15 is 0 Å². The van der Waals surface area contributed by atoms with Crippen LogP contribution in [0.5, 0.6) is 0 Å². The van der Waals surface area contributed by atoms with Crippen LogP contribution in [-0.2, 0) is 32.7 Å². The van der Waals surface area contributed by atoms with Gasteiger partial charge in [-0.05, 0) is 77.0 Å². The van der Waals surface area contributed by atoms with Crippen LogP contribution in [0.3, 0.4) is 0 Å². The Hall–Kier alpha value is -2.89. The number of phosphoric ester groups is 1. The highest BCUT2D eigenvalue weighted by Crippen LogP contribution is 2.43. The maximum Gasteiger partial charge on any atom is 0.472 e. The van der Waals surface area contributed by atoms with Crippen molar-refractivity contribution in [2.24, 2.45) is 0 Å². The van der Waals surface area contributed by atoms with E-state index in [4.69, 9.17) is 18.5 Å². The first-order valence-corrected chi connectivity index (χ1v) is 24.0. The minimum absolute atomic E-state index is 0.0226. The van der Waals surface area contributed by atoms with Crippen molar-refractivity contribution in [3.05, 3.63) is 85.1 Å². The first kappa shape index (κ1) is 57.1. The van der Waals surface area contributed by atoms with Crippen LogP contribution in [0, 0.1) is 0 Å². The number of ether oxygens (including phenoxy) is 2. The molecule has 0 aromatic rings. The molecular formula is C48H83NO10P+. The van der Waals surface area contributed by atoms with Gasteiger partial charge in [0.1, 0.15) is 19.8 Å². The Kier molecular flexibility index (Phi) is 37.1. The number of esters is 2. The fourth-order valence-electron chi connectivity index (χ4n) is 5.45. The molecule has 4 atom stereocenters. The van der Waals surface area contributed by atoms with E-state index in [1.807, 2.05) is 27.2 Å². The Morgan fingerprint density at radius 3 is 1.75 bits per heavy atom. The maximum atomic E-state index is 12.7. The number of phosphoric acid groups is 1. The summed E-state index contributed by atoms with van der Waals surface area (Å²) in [6.45, 7) is 3.99. The van der Waals surface area contributed by atoms with Crippen LogP contribution >= 0.6 is 7.82 Å². The van der Waals surface area contributed by atoms with Crippen molar-refractivity contribution in [2.75, 3.05) is 47.5 Å². The second kappa shape index (κ2) is 39.0. The first-order chi connectivity index (χ1) is 28.8. The Balaban J connectivity index is 4.67. The number of likely N-dealkylation sites (N-methyl/N-ethyl adjacent to an activating group) is 1. The predicted molar refractivity (Wildman–Crippen MR) is 245 cm³/mol. The van der Waals surface area contributed by atoms with Gasteiger partial charge in [-0.15, -0.1) is 0 Å². The molecule has 1 unspecified atom stereocenters. The topological polar surface area (TPSA) is 149 Å². The number of carbonyl (C=O) groups is 2. The number of rotatable bonds is 39. The summed E-state index contributed by atoms with van der Waals surface area (Å²) in [7, 11) is 1.29. The van der Waals surface area contributed by atoms with Gasteiger partial charge < -0.3 is 29.1 Å². The third-order valence-corrected chi connectivity index (χ3v) is 10.1. The number of nitrogens with zero attached hydrogens (tertiary/aromatic N) is 1. The molecule has 0 amide bonds. The third-order valence-electron chi connectivity index (χ3n) is 9.09. The highest BCUT2D eigenvalue weighted by atomic mass is 31.2. The molecule has 0 aliphatic heterocycles. The van der Waals surface area contributed by atoms with E-state index in [9.17, 15) is 29.3 Å². The van der Waals surface area contributed by atoms with Crippen molar-refractivity contribution in [3.63, 3.8) is 0 Å². The zero-order chi connectivity index (χ0) is 44.6. The van der Waals surface area contributed by atoms with Crippen LogP contribution < -0.4 is 0 Å². The molecule has 0 aliphatic rings. The summed E-state index contributed by atoms with van der Waals surface area (Å²) >= 11 is 0. The maximum absolute atomic E-state index is 12.7. The summed E-state index contributed by atoms with van der Waals surface area (Å²) in [6.07, 6.45) is 42.6. The van der Waals surface area contributed by atoms with E-state index in [-0.39, 0.29) is 26.1 Å². The predicted octanol–water partition coefficient (Wildman–Crippen LogP) is 10.7. The summed E-state index contributed by atoms with van der Waals surface area (Å²) in [4.78, 5) is 35.4. The largest absolute Gasteiger partial charge is 0.472 e. The summed E-state index contributed by atoms with van der Waals surface area (Å²) in [6, 6.07) is 0. The molecule has 0 saturated heterocycles. The van der Waals surface area contributed by atoms with E-state index < -0.39 is 44.7 Å². The molecule has 60 heavy (non-hydrogen) atoms. The van der Waals surface area contributed by atoms with Crippen molar-refractivity contribution in [1.29, 1.82) is 0 Å². The SMILES string of the molecule is CCCCC/C=C\C/C=C\C/C=C\CCCCCCC(=O)OC[C@H](COP(=O)(O)OCC[N+](C)(C)C)OC(=O)CCC[C@@H](O)\C=C/C=C/C=C/[C@@H](O)C/C=C\CCCCC. The van der Waals surface area contributed by atoms with E-state index in [1.54, 1.807) is 36.5 Å². The highest BCUT2D eigenvalue weighted by Gasteiger charge is 2.27. The van der Waals surface area contributed by atoms with Gasteiger partial charge in [0.25, 0.3) is 0 Å². The first-order valence-electron chi connectivity index (χ1n) is 22.5. The van der Waals surface area contributed by atoms with Crippen LogP contribution in [0.1, 0.15) is 142 Å². The van der Waals surface area contributed by atoms with Gasteiger partial charge in [0.2, 0.25) is 0 Å². The minimum atomic E-state index is -4.46. The molecule has 0 rings (SSSR count). The second-order valence-electron chi connectivity index (χ2n) is 16.1. The van der Waals surface area contributed by atoms with Gasteiger partial charge in [-0.2, -0.15) is 0 Å². The Labute approximate surface area is 364 Å². The van der Waals surface area contributed by atoms with Gasteiger partial charge in [-0.3, -0.25) is 18.6 Å². The van der Waals surface area contributed by atoms with Gasteiger partial charge in [0.15, 0.2) is 6.10 Å². The molecule has 0 bridgehead atoms. The molecule has 0 spiro atoms. The number of quaternary nitrogens is 1. The van der Waals surface area contributed by atoms with Gasteiger partial charge in [0.05, 0.1) is 40.0 Å². The summed E-state index contributed by atoms with van der Waals surface area (Å²) < 4.78 is 34.1. The van der Waals surface area contributed by atoms with Crippen LogP contribution in [0.2, 0.25) is 0 Å². The van der Waals surface area contributed by atoms with Crippen LogP contribution in [0.15, 0.2) is 85.1 Å². The number of carbonyl (C=O) groups excluding carboxylic acids is 2. The van der Waals surface area contributed by atoms with E-state index in [0.29, 0.717) is 36.7 Å². The van der Waals surface area contributed by atoms with Crippen molar-refractivity contribution in [1.82, 2.24) is 0 Å². The Morgan fingerprint density at radius 1 is 0.617 bits per heavy atom. The molecule has 344 valence electrons. The zero-order valence-corrected chi connectivity index (χ0v) is 38.8. The van der Waals surface area contributed by atoms with E-state index in [0.717, 1.165) is 44.9 Å². The Morgan fingerprint density at radius 2 is 1.15 bits per heavy atom. The highest BCUT2D eigenvalue weighted by molar-refractivity contribution is 7.47. The van der Waals surface area contributed by atoms with Crippen LogP contribution in [0.25, 0.3) is 0 Å². The van der Waals surface area contributed by atoms with Crippen molar-refractivity contribution >= 4 is 19.8 Å². The van der Waals surface area contributed by atoms with Gasteiger partial charge in [0, 0.05) is 12.8 Å². The lowest BCUT2D eigenvalue weighted by molar-refractivity contribution is -0.870. The number of hydrogen-bond donors (Lipinski definition) is 3. The lowest BCUT2D eigenvalue weighted by atomic mass is 10.1. The molecule has 0 aliphatic carbocycles. The van der Waals surface area contributed by atoms with Gasteiger partial charge in [-0.25, -0.2) is 4.57 Å². The molecule has 0 heterocycles. The average molecular weight is 865 g/mol. The lowest BCUT2D eigenvalue weighted by Gasteiger charge is -2.24. The monoisotopic (exact) mass is 865 g/mol. The molecule has 12 heteroatoms. The summed E-state index contributed by atoms with van der Waals surface area (Å²) in [5.74, 6) is -1.07. The number of allylic oxidation sites excluding steroid dienone is 11. The minimum Gasteiger partial charge on any atom is -0.462 e. The van der Waals surface area contributed by atoms with Crippen LogP contribution in [-0.4, -0.2) is 97.3 Å². The molecule has 0 saturated carbocycles.